The van der Waals surface area contributed by atoms with Crippen LogP contribution < -0.4 is 5.32 Å². The van der Waals surface area contributed by atoms with E-state index in [0.717, 1.165) is 18.7 Å². The summed E-state index contributed by atoms with van der Waals surface area (Å²) in [6, 6.07) is 11.6. The third kappa shape index (κ3) is 2.88. The fourth-order valence-corrected chi connectivity index (χ4v) is 3.71. The van der Waals surface area contributed by atoms with Crippen molar-refractivity contribution in [1.29, 1.82) is 0 Å². The van der Waals surface area contributed by atoms with Crippen LogP contribution in [0, 0.1) is 6.92 Å². The van der Waals surface area contributed by atoms with Crippen molar-refractivity contribution in [2.24, 2.45) is 7.05 Å². The van der Waals surface area contributed by atoms with E-state index in [9.17, 15) is 0 Å². The maximum atomic E-state index is 4.48. The van der Waals surface area contributed by atoms with E-state index >= 15 is 0 Å². The summed E-state index contributed by atoms with van der Waals surface area (Å²) in [5.41, 5.74) is 5.51. The number of likely N-dealkylation sites (N-methyl/N-ethyl adjacent to an activating group) is 1. The van der Waals surface area contributed by atoms with Crippen LogP contribution in [0.3, 0.4) is 0 Å². The third-order valence-electron chi connectivity index (χ3n) is 4.66. The van der Waals surface area contributed by atoms with Crippen LogP contribution in [0.5, 0.6) is 0 Å². The number of rotatable bonds is 5. The molecule has 1 aromatic heterocycles. The van der Waals surface area contributed by atoms with E-state index < -0.39 is 0 Å². The molecule has 3 rings (SSSR count). The Balaban J connectivity index is 1.84. The van der Waals surface area contributed by atoms with E-state index in [1.165, 1.54) is 24.1 Å². The van der Waals surface area contributed by atoms with Crippen LogP contribution in [0.4, 0.5) is 0 Å². The quantitative estimate of drug-likeness (QED) is 0.914. The van der Waals surface area contributed by atoms with E-state index in [1.807, 2.05) is 11.7 Å². The average molecular weight is 283 g/mol. The normalized spacial score (nSPS) is 18.7. The van der Waals surface area contributed by atoms with Crippen molar-refractivity contribution in [3.63, 3.8) is 0 Å². The van der Waals surface area contributed by atoms with Gasteiger partial charge in [-0.1, -0.05) is 31.2 Å². The minimum absolute atomic E-state index is 0.494. The summed E-state index contributed by atoms with van der Waals surface area (Å²) in [4.78, 5) is 0. The fourth-order valence-electron chi connectivity index (χ4n) is 3.71. The first-order valence-electron chi connectivity index (χ1n) is 7.99. The van der Waals surface area contributed by atoms with Crippen LogP contribution in [-0.2, 0) is 19.9 Å². The topological polar surface area (TPSA) is 29.9 Å². The Bertz CT molecular complexity index is 615. The second-order valence-corrected chi connectivity index (χ2v) is 6.11. The van der Waals surface area contributed by atoms with E-state index in [2.05, 4.69) is 54.6 Å². The molecule has 0 amide bonds. The van der Waals surface area contributed by atoms with Crippen LogP contribution in [0.1, 0.15) is 41.8 Å². The SMILES string of the molecule is CCNC(Cc1cc(C)nn1C)C1CCc2ccccc21. The predicted octanol–water partition coefficient (Wildman–Crippen LogP) is 2.98. The lowest BCUT2D eigenvalue weighted by atomic mass is 9.90. The van der Waals surface area contributed by atoms with E-state index in [0.29, 0.717) is 12.0 Å². The molecule has 1 aliphatic rings. The molecular formula is C18H25N3. The molecule has 1 heterocycles. The lowest BCUT2D eigenvalue weighted by Crippen LogP contribution is -2.36. The summed E-state index contributed by atoms with van der Waals surface area (Å²) in [7, 11) is 2.05. The molecule has 0 aliphatic heterocycles. The van der Waals surface area contributed by atoms with Gasteiger partial charge in [-0.2, -0.15) is 5.10 Å². The standard InChI is InChI=1S/C18H25N3/c1-4-19-18(12-15-11-13(2)20-21(15)3)17-10-9-14-7-5-6-8-16(14)17/h5-8,11,17-19H,4,9-10,12H2,1-3H3. The minimum atomic E-state index is 0.494. The molecule has 2 atom stereocenters. The number of nitrogens with zero attached hydrogens (tertiary/aromatic N) is 2. The van der Waals surface area contributed by atoms with Crippen molar-refractivity contribution in [3.8, 4) is 0 Å². The number of aryl methyl sites for hydroxylation is 3. The summed E-state index contributed by atoms with van der Waals surface area (Å²) < 4.78 is 2.03. The Kier molecular flexibility index (Phi) is 4.11. The van der Waals surface area contributed by atoms with Gasteiger partial charge in [0.25, 0.3) is 0 Å². The molecule has 3 nitrogen and oxygen atoms in total. The summed E-state index contributed by atoms with van der Waals surface area (Å²) >= 11 is 0. The third-order valence-corrected chi connectivity index (χ3v) is 4.66. The van der Waals surface area contributed by atoms with E-state index in [4.69, 9.17) is 0 Å². The fraction of sp³-hybridized carbons (Fsp3) is 0.500. The van der Waals surface area contributed by atoms with Gasteiger partial charge in [-0.3, -0.25) is 4.68 Å². The zero-order valence-corrected chi connectivity index (χ0v) is 13.3. The lowest BCUT2D eigenvalue weighted by Gasteiger charge is -2.25. The largest absolute Gasteiger partial charge is 0.313 e. The van der Waals surface area contributed by atoms with Crippen molar-refractivity contribution in [3.05, 3.63) is 52.8 Å². The van der Waals surface area contributed by atoms with Crippen molar-refractivity contribution in [2.75, 3.05) is 6.54 Å². The minimum Gasteiger partial charge on any atom is -0.313 e. The van der Waals surface area contributed by atoms with Crippen molar-refractivity contribution in [2.45, 2.75) is 45.1 Å². The monoisotopic (exact) mass is 283 g/mol. The first-order chi connectivity index (χ1) is 10.2. The summed E-state index contributed by atoms with van der Waals surface area (Å²) in [6.07, 6.45) is 3.52. The molecule has 112 valence electrons. The van der Waals surface area contributed by atoms with Gasteiger partial charge in [0.1, 0.15) is 0 Å². The molecule has 2 aromatic rings. The molecule has 2 unspecified atom stereocenters. The van der Waals surface area contributed by atoms with Gasteiger partial charge in [0.05, 0.1) is 5.69 Å². The van der Waals surface area contributed by atoms with Crippen LogP contribution in [0.15, 0.2) is 30.3 Å². The molecule has 21 heavy (non-hydrogen) atoms. The van der Waals surface area contributed by atoms with Gasteiger partial charge in [0, 0.05) is 31.1 Å². The molecule has 1 aromatic carbocycles. The van der Waals surface area contributed by atoms with Gasteiger partial charge >= 0.3 is 0 Å². The maximum Gasteiger partial charge on any atom is 0.0596 e. The van der Waals surface area contributed by atoms with E-state index in [-0.39, 0.29) is 0 Å². The molecule has 1 N–H and O–H groups in total. The highest BCUT2D eigenvalue weighted by Crippen LogP contribution is 2.36. The van der Waals surface area contributed by atoms with Crippen LogP contribution in [-0.4, -0.2) is 22.4 Å². The first-order valence-corrected chi connectivity index (χ1v) is 7.99. The van der Waals surface area contributed by atoms with Gasteiger partial charge in [0.15, 0.2) is 0 Å². The first kappa shape index (κ1) is 14.3. The number of benzene rings is 1. The Hall–Kier alpha value is -1.61. The molecule has 0 radical (unpaired) electrons. The molecule has 0 saturated heterocycles. The molecule has 0 bridgehead atoms. The average Bonchev–Trinajstić information content (AvgIpc) is 3.02. The summed E-state index contributed by atoms with van der Waals surface area (Å²) in [6.45, 7) is 5.28. The molecule has 0 fully saturated rings. The molecule has 3 heteroatoms. The molecular weight excluding hydrogens is 258 g/mol. The maximum absolute atomic E-state index is 4.48. The number of aromatic nitrogens is 2. The van der Waals surface area contributed by atoms with Crippen LogP contribution in [0.25, 0.3) is 0 Å². The highest BCUT2D eigenvalue weighted by Gasteiger charge is 2.29. The Morgan fingerprint density at radius 3 is 2.90 bits per heavy atom. The lowest BCUT2D eigenvalue weighted by molar-refractivity contribution is 0.426. The van der Waals surface area contributed by atoms with Gasteiger partial charge in [-0.25, -0.2) is 0 Å². The van der Waals surface area contributed by atoms with Crippen molar-refractivity contribution in [1.82, 2.24) is 15.1 Å². The van der Waals surface area contributed by atoms with Crippen LogP contribution >= 0.6 is 0 Å². The van der Waals surface area contributed by atoms with Gasteiger partial charge in [0.2, 0.25) is 0 Å². The highest BCUT2D eigenvalue weighted by atomic mass is 15.3. The molecule has 0 spiro atoms. The number of hydrogen-bond acceptors (Lipinski definition) is 2. The Morgan fingerprint density at radius 1 is 1.38 bits per heavy atom. The highest BCUT2D eigenvalue weighted by molar-refractivity contribution is 5.36. The summed E-state index contributed by atoms with van der Waals surface area (Å²) in [5.74, 6) is 0.622. The molecule has 1 aliphatic carbocycles. The smallest absolute Gasteiger partial charge is 0.0596 e. The van der Waals surface area contributed by atoms with Gasteiger partial charge in [-0.15, -0.1) is 0 Å². The second kappa shape index (κ2) is 6.02. The molecule has 0 saturated carbocycles. The van der Waals surface area contributed by atoms with E-state index in [1.54, 1.807) is 5.56 Å². The van der Waals surface area contributed by atoms with Gasteiger partial charge in [-0.05, 0) is 43.5 Å². The zero-order chi connectivity index (χ0) is 14.8. The van der Waals surface area contributed by atoms with Crippen LogP contribution in [0.2, 0.25) is 0 Å². The van der Waals surface area contributed by atoms with Crippen molar-refractivity contribution < 1.29 is 0 Å². The van der Waals surface area contributed by atoms with Gasteiger partial charge < -0.3 is 5.32 Å². The number of fused-ring (bicyclic) bond motifs is 1. The summed E-state index contributed by atoms with van der Waals surface area (Å²) in [5, 5.41) is 8.19. The predicted molar refractivity (Wildman–Crippen MR) is 86.6 cm³/mol. The second-order valence-electron chi connectivity index (χ2n) is 6.11. The number of nitrogens with one attached hydrogen (secondary N) is 1. The Morgan fingerprint density at radius 2 is 2.19 bits per heavy atom. The zero-order valence-electron chi connectivity index (χ0n) is 13.3. The van der Waals surface area contributed by atoms with Crippen molar-refractivity contribution >= 4 is 0 Å². The number of hydrogen-bond donors (Lipinski definition) is 1. The Labute approximate surface area is 127 Å².